The van der Waals surface area contributed by atoms with Gasteiger partial charge in [-0.15, -0.1) is 0 Å². The van der Waals surface area contributed by atoms with Crippen LogP contribution in [-0.2, 0) is 10.0 Å². The molecule has 2 rings (SSSR count). The second-order valence-corrected chi connectivity index (χ2v) is 8.67. The van der Waals surface area contributed by atoms with Gasteiger partial charge >= 0.3 is 0 Å². The molecule has 0 aliphatic carbocycles. The lowest BCUT2D eigenvalue weighted by atomic mass is 10.1. The molecule has 134 valence electrons. The quantitative estimate of drug-likeness (QED) is 0.830. The summed E-state index contributed by atoms with van der Waals surface area (Å²) in [6.45, 7) is 1.80. The van der Waals surface area contributed by atoms with Gasteiger partial charge in [-0.05, 0) is 48.9 Å². The first-order valence-electron chi connectivity index (χ1n) is 7.41. The van der Waals surface area contributed by atoms with Crippen LogP contribution in [-0.4, -0.2) is 32.7 Å². The first kappa shape index (κ1) is 19.7. The molecule has 0 heterocycles. The molecule has 8 heteroatoms. The maximum absolute atomic E-state index is 12.4. The molecule has 5 nitrogen and oxygen atoms in total. The van der Waals surface area contributed by atoms with E-state index in [2.05, 4.69) is 5.32 Å². The van der Waals surface area contributed by atoms with Gasteiger partial charge in [0.2, 0.25) is 10.0 Å². The highest BCUT2D eigenvalue weighted by Gasteiger charge is 2.18. The van der Waals surface area contributed by atoms with Gasteiger partial charge in [0, 0.05) is 29.7 Å². The lowest BCUT2D eigenvalue weighted by molar-refractivity contribution is 0.0940. The summed E-state index contributed by atoms with van der Waals surface area (Å²) >= 11 is 12.0. The number of carbonyl (C=O) groups is 1. The van der Waals surface area contributed by atoms with Gasteiger partial charge in [0.25, 0.3) is 5.91 Å². The minimum atomic E-state index is -3.52. The smallest absolute Gasteiger partial charge is 0.251 e. The average molecular weight is 401 g/mol. The molecule has 0 fully saturated rings. The number of nitrogens with zero attached hydrogens (tertiary/aromatic N) is 1. The molecule has 1 atom stereocenters. The number of sulfonamides is 1. The molecule has 0 aliphatic heterocycles. The molecule has 0 aromatic heterocycles. The molecule has 0 saturated heterocycles. The van der Waals surface area contributed by atoms with Crippen molar-refractivity contribution in [2.45, 2.75) is 17.9 Å². The minimum Gasteiger partial charge on any atom is -0.345 e. The first-order valence-corrected chi connectivity index (χ1v) is 9.61. The van der Waals surface area contributed by atoms with Crippen LogP contribution in [0.15, 0.2) is 47.4 Å². The molecule has 0 bridgehead atoms. The van der Waals surface area contributed by atoms with Crippen LogP contribution in [0.3, 0.4) is 0 Å². The zero-order valence-electron chi connectivity index (χ0n) is 14.0. The normalized spacial score (nSPS) is 12.9. The molecule has 0 saturated carbocycles. The Labute approximate surface area is 157 Å². The van der Waals surface area contributed by atoms with Crippen molar-refractivity contribution >= 4 is 39.1 Å². The molecule has 1 N–H and O–H groups in total. The van der Waals surface area contributed by atoms with E-state index < -0.39 is 10.0 Å². The van der Waals surface area contributed by atoms with Crippen LogP contribution in [0.4, 0.5) is 0 Å². The summed E-state index contributed by atoms with van der Waals surface area (Å²) in [5, 5.41) is 3.81. The van der Waals surface area contributed by atoms with Crippen molar-refractivity contribution in [1.82, 2.24) is 9.62 Å². The first-order chi connectivity index (χ1) is 11.6. The topological polar surface area (TPSA) is 66.5 Å². The predicted molar refractivity (Wildman–Crippen MR) is 99.7 cm³/mol. The third kappa shape index (κ3) is 4.52. The van der Waals surface area contributed by atoms with Gasteiger partial charge in [-0.25, -0.2) is 12.7 Å². The maximum Gasteiger partial charge on any atom is 0.251 e. The standard InChI is InChI=1S/C17H18Cl2N2O3S/c1-11(15-9-6-13(18)10-16(15)19)20-17(22)12-4-7-14(8-5-12)25(23,24)21(2)3/h4-11H,1-3H3,(H,20,22). The molecule has 2 aromatic rings. The highest BCUT2D eigenvalue weighted by molar-refractivity contribution is 7.89. The number of benzene rings is 2. The van der Waals surface area contributed by atoms with Crippen LogP contribution in [0.25, 0.3) is 0 Å². The number of hydrogen-bond donors (Lipinski definition) is 1. The Kier molecular flexibility index (Phi) is 6.11. The summed E-state index contributed by atoms with van der Waals surface area (Å²) in [5.41, 5.74) is 1.10. The Bertz CT molecular complexity index is 881. The van der Waals surface area contributed by atoms with Crippen molar-refractivity contribution in [3.05, 3.63) is 63.6 Å². The molecule has 2 aromatic carbocycles. The molecular formula is C17H18Cl2N2O3S. The van der Waals surface area contributed by atoms with Gasteiger partial charge in [0.1, 0.15) is 0 Å². The highest BCUT2D eigenvalue weighted by atomic mass is 35.5. The highest BCUT2D eigenvalue weighted by Crippen LogP contribution is 2.26. The molecule has 1 unspecified atom stereocenters. The van der Waals surface area contributed by atoms with E-state index in [-0.39, 0.29) is 16.8 Å². The Balaban J connectivity index is 2.16. The van der Waals surface area contributed by atoms with Gasteiger partial charge in [-0.2, -0.15) is 0 Å². The van der Waals surface area contributed by atoms with Crippen LogP contribution in [0, 0.1) is 0 Å². The third-order valence-electron chi connectivity index (χ3n) is 3.67. The molecule has 0 aliphatic rings. The van der Waals surface area contributed by atoms with Gasteiger partial charge in [-0.3, -0.25) is 4.79 Å². The average Bonchev–Trinajstić information content (AvgIpc) is 2.54. The van der Waals surface area contributed by atoms with E-state index in [4.69, 9.17) is 23.2 Å². The van der Waals surface area contributed by atoms with Crippen LogP contribution in [0.1, 0.15) is 28.9 Å². The SMILES string of the molecule is CC(NC(=O)c1ccc(S(=O)(=O)N(C)C)cc1)c1ccc(Cl)cc1Cl. The predicted octanol–water partition coefficient (Wildman–Crippen LogP) is 3.73. The fraction of sp³-hybridized carbons (Fsp3) is 0.235. The molecule has 25 heavy (non-hydrogen) atoms. The molecule has 1 amide bonds. The third-order valence-corrected chi connectivity index (χ3v) is 6.06. The van der Waals surface area contributed by atoms with Crippen molar-refractivity contribution in [2.24, 2.45) is 0 Å². The van der Waals surface area contributed by atoms with Crippen molar-refractivity contribution in [1.29, 1.82) is 0 Å². The van der Waals surface area contributed by atoms with Crippen LogP contribution < -0.4 is 5.32 Å². The van der Waals surface area contributed by atoms with Crippen molar-refractivity contribution in [2.75, 3.05) is 14.1 Å². The summed E-state index contributed by atoms with van der Waals surface area (Å²) in [4.78, 5) is 12.5. The number of halogens is 2. The summed E-state index contributed by atoms with van der Waals surface area (Å²) in [6, 6.07) is 10.5. The van der Waals surface area contributed by atoms with E-state index in [0.29, 0.717) is 15.6 Å². The summed E-state index contributed by atoms with van der Waals surface area (Å²) in [6.07, 6.45) is 0. The second-order valence-electron chi connectivity index (χ2n) is 5.67. The lowest BCUT2D eigenvalue weighted by Crippen LogP contribution is -2.27. The number of amides is 1. The number of carbonyl (C=O) groups excluding carboxylic acids is 1. The summed E-state index contributed by atoms with van der Waals surface area (Å²) in [7, 11) is -0.620. The lowest BCUT2D eigenvalue weighted by Gasteiger charge is -2.16. The van der Waals surface area contributed by atoms with E-state index >= 15 is 0 Å². The Hall–Kier alpha value is -1.60. The fourth-order valence-electron chi connectivity index (χ4n) is 2.20. The second kappa shape index (κ2) is 7.74. The molecule has 0 spiro atoms. The Morgan fingerprint density at radius 1 is 1.08 bits per heavy atom. The van der Waals surface area contributed by atoms with E-state index in [1.807, 2.05) is 0 Å². The van der Waals surface area contributed by atoms with E-state index in [0.717, 1.165) is 9.87 Å². The van der Waals surface area contributed by atoms with Crippen LogP contribution in [0.5, 0.6) is 0 Å². The molecule has 0 radical (unpaired) electrons. The van der Waals surface area contributed by atoms with Crippen molar-refractivity contribution < 1.29 is 13.2 Å². The van der Waals surface area contributed by atoms with E-state index in [1.165, 1.54) is 38.4 Å². The zero-order valence-corrected chi connectivity index (χ0v) is 16.3. The minimum absolute atomic E-state index is 0.128. The fourth-order valence-corrected chi connectivity index (χ4v) is 3.67. The van der Waals surface area contributed by atoms with Crippen LogP contribution >= 0.6 is 23.2 Å². The molecular weight excluding hydrogens is 383 g/mol. The van der Waals surface area contributed by atoms with E-state index in [1.54, 1.807) is 25.1 Å². The Morgan fingerprint density at radius 3 is 2.20 bits per heavy atom. The van der Waals surface area contributed by atoms with Crippen molar-refractivity contribution in [3.63, 3.8) is 0 Å². The Morgan fingerprint density at radius 2 is 1.68 bits per heavy atom. The van der Waals surface area contributed by atoms with Crippen LogP contribution in [0.2, 0.25) is 10.0 Å². The van der Waals surface area contributed by atoms with Gasteiger partial charge in [0.15, 0.2) is 0 Å². The summed E-state index contributed by atoms with van der Waals surface area (Å²) in [5.74, 6) is -0.327. The number of nitrogens with one attached hydrogen (secondary N) is 1. The number of hydrogen-bond acceptors (Lipinski definition) is 3. The number of rotatable bonds is 5. The monoisotopic (exact) mass is 400 g/mol. The van der Waals surface area contributed by atoms with Crippen molar-refractivity contribution in [3.8, 4) is 0 Å². The van der Waals surface area contributed by atoms with Gasteiger partial charge < -0.3 is 5.32 Å². The van der Waals surface area contributed by atoms with Gasteiger partial charge in [-0.1, -0.05) is 29.3 Å². The zero-order chi connectivity index (χ0) is 18.8. The van der Waals surface area contributed by atoms with Gasteiger partial charge in [0.05, 0.1) is 10.9 Å². The maximum atomic E-state index is 12.4. The summed E-state index contributed by atoms with van der Waals surface area (Å²) < 4.78 is 25.2. The largest absolute Gasteiger partial charge is 0.345 e. The van der Waals surface area contributed by atoms with E-state index in [9.17, 15) is 13.2 Å².